The van der Waals surface area contributed by atoms with Crippen molar-refractivity contribution in [3.8, 4) is 11.5 Å². The Labute approximate surface area is 214 Å². The predicted molar refractivity (Wildman–Crippen MR) is 142 cm³/mol. The maximum Gasteiger partial charge on any atom is 0.251 e. The molecule has 0 aliphatic heterocycles. The molecule has 0 saturated heterocycles. The van der Waals surface area contributed by atoms with E-state index in [0.717, 1.165) is 20.4 Å². The molecule has 1 N–H and O–H groups in total. The first-order valence-corrected chi connectivity index (χ1v) is 13.5. The van der Waals surface area contributed by atoms with E-state index >= 15 is 0 Å². The molecule has 0 saturated carbocycles. The Kier molecular flexibility index (Phi) is 8.78. The van der Waals surface area contributed by atoms with Crippen LogP contribution in [-0.2, 0) is 16.6 Å². The summed E-state index contributed by atoms with van der Waals surface area (Å²) < 4.78 is 38.1. The number of amides is 1. The van der Waals surface area contributed by atoms with Gasteiger partial charge in [-0.2, -0.15) is 0 Å². The van der Waals surface area contributed by atoms with E-state index < -0.39 is 10.0 Å². The fourth-order valence-corrected chi connectivity index (χ4v) is 4.91. The Morgan fingerprint density at radius 2 is 1.65 bits per heavy atom. The van der Waals surface area contributed by atoms with Gasteiger partial charge >= 0.3 is 0 Å². The maximum atomic E-state index is 12.5. The zero-order valence-electron chi connectivity index (χ0n) is 19.2. The van der Waals surface area contributed by atoms with E-state index in [4.69, 9.17) is 9.47 Å². The number of halogens is 1. The molecule has 34 heavy (non-hydrogen) atoms. The molecular formula is C25H27IN2O5S. The van der Waals surface area contributed by atoms with Crippen molar-refractivity contribution >= 4 is 44.2 Å². The van der Waals surface area contributed by atoms with Crippen molar-refractivity contribution in [2.45, 2.75) is 13.5 Å². The minimum atomic E-state index is -3.49. The summed E-state index contributed by atoms with van der Waals surface area (Å²) in [7, 11) is -1.89. The lowest BCUT2D eigenvalue weighted by Crippen LogP contribution is -2.30. The fourth-order valence-electron chi connectivity index (χ4n) is 3.31. The van der Waals surface area contributed by atoms with Crippen molar-refractivity contribution in [2.75, 3.05) is 30.8 Å². The second-order valence-corrected chi connectivity index (χ2v) is 10.8. The Morgan fingerprint density at radius 1 is 1.00 bits per heavy atom. The Bertz CT molecular complexity index is 1230. The smallest absolute Gasteiger partial charge is 0.251 e. The van der Waals surface area contributed by atoms with Gasteiger partial charge in [-0.15, -0.1) is 0 Å². The molecule has 0 aromatic heterocycles. The van der Waals surface area contributed by atoms with Gasteiger partial charge in [-0.05, 0) is 95.2 Å². The average Bonchev–Trinajstić information content (AvgIpc) is 2.81. The first-order valence-electron chi connectivity index (χ1n) is 10.6. The number of hydrogen-bond acceptors (Lipinski definition) is 5. The van der Waals surface area contributed by atoms with E-state index in [-0.39, 0.29) is 12.5 Å². The number of ether oxygens (including phenoxy) is 2. The quantitative estimate of drug-likeness (QED) is 0.278. The molecule has 0 fully saturated rings. The predicted octanol–water partition coefficient (Wildman–Crippen LogP) is 4.38. The van der Waals surface area contributed by atoms with Crippen LogP contribution in [0.2, 0.25) is 0 Å². The van der Waals surface area contributed by atoms with Gasteiger partial charge in [0.15, 0.2) is 0 Å². The first-order chi connectivity index (χ1) is 16.2. The van der Waals surface area contributed by atoms with Crippen LogP contribution in [0.3, 0.4) is 0 Å². The molecule has 0 aliphatic carbocycles. The number of carbonyl (C=O) groups is 1. The fraction of sp³-hybridized carbons (Fsp3) is 0.240. The second-order valence-electron chi connectivity index (χ2n) is 7.68. The molecule has 0 spiro atoms. The SMILES string of the molecule is COc1ccc(OCCNC(=O)c2ccc(CN(c3ccc(I)cc3C)S(C)(=O)=O)cc2)cc1. The van der Waals surface area contributed by atoms with Crippen molar-refractivity contribution < 1.29 is 22.7 Å². The third kappa shape index (κ3) is 7.10. The molecule has 0 bridgehead atoms. The van der Waals surface area contributed by atoms with E-state index in [1.807, 2.05) is 25.1 Å². The Hall–Kier alpha value is -2.79. The molecule has 3 aromatic rings. The van der Waals surface area contributed by atoms with Crippen molar-refractivity contribution in [3.63, 3.8) is 0 Å². The van der Waals surface area contributed by atoms with Crippen LogP contribution in [0.25, 0.3) is 0 Å². The van der Waals surface area contributed by atoms with E-state index in [9.17, 15) is 13.2 Å². The zero-order valence-corrected chi connectivity index (χ0v) is 22.2. The lowest BCUT2D eigenvalue weighted by Gasteiger charge is -2.24. The molecule has 0 heterocycles. The van der Waals surface area contributed by atoms with Crippen LogP contribution in [0, 0.1) is 10.5 Å². The van der Waals surface area contributed by atoms with Gasteiger partial charge in [-0.3, -0.25) is 9.10 Å². The highest BCUT2D eigenvalue weighted by atomic mass is 127. The molecule has 7 nitrogen and oxygen atoms in total. The first kappa shape index (κ1) is 25.8. The van der Waals surface area contributed by atoms with Gasteiger partial charge in [-0.25, -0.2) is 8.42 Å². The average molecular weight is 594 g/mol. The lowest BCUT2D eigenvalue weighted by atomic mass is 10.1. The normalized spacial score (nSPS) is 11.1. The third-order valence-corrected chi connectivity index (χ3v) is 6.88. The van der Waals surface area contributed by atoms with Crippen LogP contribution in [0.1, 0.15) is 21.5 Å². The van der Waals surface area contributed by atoms with Crippen LogP contribution < -0.4 is 19.1 Å². The number of hydrogen-bond donors (Lipinski definition) is 1. The highest BCUT2D eigenvalue weighted by molar-refractivity contribution is 14.1. The number of benzene rings is 3. The molecule has 3 rings (SSSR count). The standard InChI is InChI=1S/C25H27IN2O5S/c1-18-16-21(26)8-13-24(18)28(34(3,30)31)17-19-4-6-20(7-5-19)25(29)27-14-15-33-23-11-9-22(32-2)10-12-23/h4-13,16H,14-15,17H2,1-3H3,(H,27,29). The molecule has 3 aromatic carbocycles. The molecule has 0 aliphatic rings. The summed E-state index contributed by atoms with van der Waals surface area (Å²) in [6.07, 6.45) is 1.19. The van der Waals surface area contributed by atoms with Crippen LogP contribution in [0.15, 0.2) is 66.7 Å². The minimum Gasteiger partial charge on any atom is -0.497 e. The largest absolute Gasteiger partial charge is 0.497 e. The maximum absolute atomic E-state index is 12.5. The zero-order chi connectivity index (χ0) is 24.7. The lowest BCUT2D eigenvalue weighted by molar-refractivity contribution is 0.0947. The number of nitrogens with one attached hydrogen (secondary N) is 1. The number of anilines is 1. The number of rotatable bonds is 10. The summed E-state index contributed by atoms with van der Waals surface area (Å²) in [4.78, 5) is 12.4. The van der Waals surface area contributed by atoms with Crippen LogP contribution in [-0.4, -0.2) is 40.8 Å². The van der Waals surface area contributed by atoms with Crippen LogP contribution in [0.4, 0.5) is 5.69 Å². The van der Waals surface area contributed by atoms with Gasteiger partial charge < -0.3 is 14.8 Å². The van der Waals surface area contributed by atoms with Gasteiger partial charge in [0.05, 0.1) is 32.1 Å². The van der Waals surface area contributed by atoms with Gasteiger partial charge in [0.1, 0.15) is 18.1 Å². The van der Waals surface area contributed by atoms with Crippen molar-refractivity contribution in [2.24, 2.45) is 0 Å². The van der Waals surface area contributed by atoms with Gasteiger partial charge in [0.2, 0.25) is 10.0 Å². The number of aryl methyl sites for hydroxylation is 1. The number of nitrogens with zero attached hydrogens (tertiary/aromatic N) is 1. The second kappa shape index (κ2) is 11.6. The van der Waals surface area contributed by atoms with Crippen molar-refractivity contribution in [1.29, 1.82) is 0 Å². The monoisotopic (exact) mass is 594 g/mol. The number of carbonyl (C=O) groups excluding carboxylic acids is 1. The topological polar surface area (TPSA) is 84.9 Å². The summed E-state index contributed by atoms with van der Waals surface area (Å²) in [5, 5.41) is 2.82. The molecule has 1 amide bonds. The summed E-state index contributed by atoms with van der Waals surface area (Å²) in [5.74, 6) is 1.22. The molecular weight excluding hydrogens is 567 g/mol. The summed E-state index contributed by atoms with van der Waals surface area (Å²) in [6.45, 7) is 2.74. The van der Waals surface area contributed by atoms with E-state index in [1.54, 1.807) is 55.6 Å². The third-order valence-electron chi connectivity index (χ3n) is 5.09. The van der Waals surface area contributed by atoms with Crippen LogP contribution >= 0.6 is 22.6 Å². The molecule has 0 unspecified atom stereocenters. The summed E-state index contributed by atoms with van der Waals surface area (Å²) >= 11 is 2.20. The van der Waals surface area contributed by atoms with Crippen LogP contribution in [0.5, 0.6) is 11.5 Å². The number of sulfonamides is 1. The molecule has 9 heteroatoms. The van der Waals surface area contributed by atoms with Gasteiger partial charge in [-0.1, -0.05) is 12.1 Å². The van der Waals surface area contributed by atoms with E-state index in [1.165, 1.54) is 10.6 Å². The Morgan fingerprint density at radius 3 is 2.24 bits per heavy atom. The van der Waals surface area contributed by atoms with E-state index in [0.29, 0.717) is 30.2 Å². The number of methoxy groups -OCH3 is 1. The van der Waals surface area contributed by atoms with Crippen molar-refractivity contribution in [1.82, 2.24) is 5.32 Å². The molecule has 0 radical (unpaired) electrons. The Balaban J connectivity index is 1.57. The summed E-state index contributed by atoms with van der Waals surface area (Å²) in [5.41, 5.74) is 2.79. The van der Waals surface area contributed by atoms with Gasteiger partial charge in [0, 0.05) is 9.13 Å². The van der Waals surface area contributed by atoms with Crippen molar-refractivity contribution in [3.05, 3.63) is 87.0 Å². The summed E-state index contributed by atoms with van der Waals surface area (Å²) in [6, 6.07) is 19.8. The molecule has 180 valence electrons. The van der Waals surface area contributed by atoms with Gasteiger partial charge in [0.25, 0.3) is 5.91 Å². The molecule has 0 atom stereocenters. The highest BCUT2D eigenvalue weighted by Gasteiger charge is 2.20. The highest BCUT2D eigenvalue weighted by Crippen LogP contribution is 2.26. The minimum absolute atomic E-state index is 0.178. The van der Waals surface area contributed by atoms with E-state index in [2.05, 4.69) is 27.9 Å².